The van der Waals surface area contributed by atoms with E-state index in [1.54, 1.807) is 25.1 Å². The van der Waals surface area contributed by atoms with Gasteiger partial charge in [-0.05, 0) is 19.1 Å². The molecule has 0 aliphatic rings. The van der Waals surface area contributed by atoms with Crippen LogP contribution in [0.5, 0.6) is 0 Å². The number of carbonyl (C=O) groups excluding carboxylic acids is 1. The molecule has 1 rings (SSSR count). The van der Waals surface area contributed by atoms with Gasteiger partial charge in [0, 0.05) is 0 Å². The molecule has 0 saturated heterocycles. The largest absolute Gasteiger partial charge is 0.450 e. The highest BCUT2D eigenvalue weighted by Gasteiger charge is 2.15. The lowest BCUT2D eigenvalue weighted by Crippen LogP contribution is -2.30. The predicted octanol–water partition coefficient (Wildman–Crippen LogP) is 1.16. The smallest absolute Gasteiger partial charge is 0.407 e. The molecule has 88 valence electrons. The van der Waals surface area contributed by atoms with Gasteiger partial charge in [0.1, 0.15) is 5.88 Å². The van der Waals surface area contributed by atoms with Crippen molar-refractivity contribution in [1.29, 1.82) is 0 Å². The molecule has 1 aromatic rings. The molecule has 0 unspecified atom stereocenters. The number of carbonyl (C=O) groups is 1. The van der Waals surface area contributed by atoms with Crippen LogP contribution in [0, 0.1) is 0 Å². The van der Waals surface area contributed by atoms with Crippen molar-refractivity contribution in [2.75, 3.05) is 12.5 Å². The number of hydrogen-bond acceptors (Lipinski definition) is 4. The van der Waals surface area contributed by atoms with Crippen molar-refractivity contribution in [2.45, 2.75) is 11.8 Å². The first-order valence-corrected chi connectivity index (χ1v) is 6.40. The molecule has 0 spiro atoms. The first kappa shape index (κ1) is 12.5. The van der Waals surface area contributed by atoms with Crippen LogP contribution in [-0.2, 0) is 14.6 Å². The molecule has 16 heavy (non-hydrogen) atoms. The third-order valence-corrected chi connectivity index (χ3v) is 3.30. The van der Waals surface area contributed by atoms with Crippen molar-refractivity contribution in [3.63, 3.8) is 0 Å². The molecule has 0 atom stereocenters. The fourth-order valence-electron chi connectivity index (χ4n) is 1.05. The number of benzene rings is 1. The van der Waals surface area contributed by atoms with E-state index in [0.29, 0.717) is 0 Å². The Morgan fingerprint density at radius 3 is 2.50 bits per heavy atom. The van der Waals surface area contributed by atoms with Crippen LogP contribution in [0.15, 0.2) is 35.2 Å². The molecular weight excluding hydrogens is 230 g/mol. The van der Waals surface area contributed by atoms with Crippen LogP contribution in [0.4, 0.5) is 4.79 Å². The summed E-state index contributed by atoms with van der Waals surface area (Å²) in [4.78, 5) is 11.1. The third kappa shape index (κ3) is 3.54. The monoisotopic (exact) mass is 243 g/mol. The van der Waals surface area contributed by atoms with Gasteiger partial charge in [-0.25, -0.2) is 13.2 Å². The number of nitrogens with one attached hydrogen (secondary N) is 1. The van der Waals surface area contributed by atoms with Crippen LogP contribution in [0.2, 0.25) is 0 Å². The predicted molar refractivity (Wildman–Crippen MR) is 58.7 cm³/mol. The molecule has 0 fully saturated rings. The van der Waals surface area contributed by atoms with E-state index in [0.717, 1.165) is 0 Å². The van der Waals surface area contributed by atoms with E-state index in [1.165, 1.54) is 12.1 Å². The fourth-order valence-corrected chi connectivity index (χ4v) is 2.09. The highest BCUT2D eigenvalue weighted by Crippen LogP contribution is 2.08. The number of amides is 1. The van der Waals surface area contributed by atoms with Crippen molar-refractivity contribution >= 4 is 15.9 Å². The third-order valence-electron chi connectivity index (χ3n) is 1.78. The second kappa shape index (κ2) is 5.50. The van der Waals surface area contributed by atoms with Crippen LogP contribution < -0.4 is 5.32 Å². The molecule has 1 aromatic carbocycles. The van der Waals surface area contributed by atoms with Crippen molar-refractivity contribution < 1.29 is 17.9 Å². The Morgan fingerprint density at radius 1 is 1.31 bits per heavy atom. The summed E-state index contributed by atoms with van der Waals surface area (Å²) >= 11 is 0. The minimum Gasteiger partial charge on any atom is -0.450 e. The van der Waals surface area contributed by atoms with E-state index in [1.807, 2.05) is 0 Å². The van der Waals surface area contributed by atoms with E-state index in [9.17, 15) is 13.2 Å². The van der Waals surface area contributed by atoms with Gasteiger partial charge >= 0.3 is 6.09 Å². The molecule has 0 bridgehead atoms. The maximum absolute atomic E-state index is 11.7. The maximum atomic E-state index is 11.7. The highest BCUT2D eigenvalue weighted by molar-refractivity contribution is 7.91. The lowest BCUT2D eigenvalue weighted by Gasteiger charge is -2.06. The molecule has 1 N–H and O–H groups in total. The maximum Gasteiger partial charge on any atom is 0.407 e. The Kier molecular flexibility index (Phi) is 4.30. The minimum atomic E-state index is -3.49. The van der Waals surface area contributed by atoms with Crippen molar-refractivity contribution in [1.82, 2.24) is 5.32 Å². The molecule has 1 amide bonds. The molecule has 0 aliphatic carbocycles. The zero-order valence-electron chi connectivity index (χ0n) is 8.84. The van der Waals surface area contributed by atoms with Crippen LogP contribution in [0.25, 0.3) is 0 Å². The summed E-state index contributed by atoms with van der Waals surface area (Å²) < 4.78 is 27.9. The SMILES string of the molecule is CCOC(=O)NCS(=O)(=O)c1ccccc1. The minimum absolute atomic E-state index is 0.173. The van der Waals surface area contributed by atoms with Crippen molar-refractivity contribution in [3.05, 3.63) is 30.3 Å². The molecule has 0 heterocycles. The normalized spacial score (nSPS) is 10.8. The second-order valence-electron chi connectivity index (χ2n) is 2.97. The van der Waals surface area contributed by atoms with Gasteiger partial charge in [-0.1, -0.05) is 18.2 Å². The average molecular weight is 243 g/mol. The zero-order valence-corrected chi connectivity index (χ0v) is 9.66. The summed E-state index contributed by atoms with van der Waals surface area (Å²) in [6, 6.07) is 7.91. The van der Waals surface area contributed by atoms with E-state index >= 15 is 0 Å². The Bertz CT molecular complexity index is 441. The molecule has 0 radical (unpaired) electrons. The Morgan fingerprint density at radius 2 is 1.94 bits per heavy atom. The summed E-state index contributed by atoms with van der Waals surface area (Å²) in [6.45, 7) is 1.85. The summed E-state index contributed by atoms with van der Waals surface area (Å²) in [5.74, 6) is -0.462. The second-order valence-corrected chi connectivity index (χ2v) is 4.96. The highest BCUT2D eigenvalue weighted by atomic mass is 32.2. The first-order chi connectivity index (χ1) is 7.56. The average Bonchev–Trinajstić information content (AvgIpc) is 2.28. The number of rotatable bonds is 4. The van der Waals surface area contributed by atoms with E-state index in [-0.39, 0.29) is 11.5 Å². The lowest BCUT2D eigenvalue weighted by molar-refractivity contribution is 0.154. The summed E-state index contributed by atoms with van der Waals surface area (Å²) in [7, 11) is -3.49. The molecule has 0 saturated carbocycles. The van der Waals surface area contributed by atoms with Crippen molar-refractivity contribution in [3.8, 4) is 0 Å². The molecule has 6 heteroatoms. The fraction of sp³-hybridized carbons (Fsp3) is 0.300. The summed E-state index contributed by atoms with van der Waals surface area (Å²) in [5.41, 5.74) is 0. The van der Waals surface area contributed by atoms with E-state index in [2.05, 4.69) is 10.1 Å². The van der Waals surface area contributed by atoms with Gasteiger partial charge in [0.2, 0.25) is 0 Å². The van der Waals surface area contributed by atoms with Crippen LogP contribution in [0.3, 0.4) is 0 Å². The zero-order chi connectivity index (χ0) is 12.0. The number of alkyl carbamates (subject to hydrolysis) is 1. The number of sulfone groups is 1. The first-order valence-electron chi connectivity index (χ1n) is 4.74. The summed E-state index contributed by atoms with van der Waals surface area (Å²) in [6.07, 6.45) is -0.734. The Labute approximate surface area is 94.3 Å². The number of ether oxygens (including phenoxy) is 1. The Balaban J connectivity index is 2.64. The van der Waals surface area contributed by atoms with Crippen LogP contribution in [-0.4, -0.2) is 27.0 Å². The molecular formula is C10H13NO4S. The van der Waals surface area contributed by atoms with Gasteiger partial charge in [-0.15, -0.1) is 0 Å². The quantitative estimate of drug-likeness (QED) is 0.861. The standard InChI is InChI=1S/C10H13NO4S/c1-2-15-10(12)11-8-16(13,14)9-6-4-3-5-7-9/h3-7H,2,8H2,1H3,(H,11,12). The van der Waals surface area contributed by atoms with Gasteiger partial charge in [-0.2, -0.15) is 0 Å². The van der Waals surface area contributed by atoms with Gasteiger partial charge in [0.05, 0.1) is 11.5 Å². The van der Waals surface area contributed by atoms with E-state index in [4.69, 9.17) is 0 Å². The molecule has 0 aliphatic heterocycles. The van der Waals surface area contributed by atoms with E-state index < -0.39 is 21.8 Å². The number of hydrogen-bond donors (Lipinski definition) is 1. The van der Waals surface area contributed by atoms with Crippen LogP contribution in [0.1, 0.15) is 6.92 Å². The van der Waals surface area contributed by atoms with Gasteiger partial charge in [0.25, 0.3) is 0 Å². The molecule has 5 nitrogen and oxygen atoms in total. The molecule has 0 aromatic heterocycles. The van der Waals surface area contributed by atoms with Crippen molar-refractivity contribution in [2.24, 2.45) is 0 Å². The van der Waals surface area contributed by atoms with Crippen LogP contribution >= 0.6 is 0 Å². The van der Waals surface area contributed by atoms with Gasteiger partial charge in [-0.3, -0.25) is 0 Å². The van der Waals surface area contributed by atoms with Gasteiger partial charge < -0.3 is 10.1 Å². The Hall–Kier alpha value is -1.56. The topological polar surface area (TPSA) is 72.5 Å². The van der Waals surface area contributed by atoms with Gasteiger partial charge in [0.15, 0.2) is 9.84 Å². The summed E-state index contributed by atoms with van der Waals surface area (Å²) in [5, 5.41) is 2.17. The lowest BCUT2D eigenvalue weighted by atomic mass is 10.4.